The van der Waals surface area contributed by atoms with E-state index in [-0.39, 0.29) is 5.91 Å². The van der Waals surface area contributed by atoms with Gasteiger partial charge in [-0.15, -0.1) is 11.3 Å². The number of rotatable bonds is 5. The largest absolute Gasteiger partial charge is 0.494 e. The van der Waals surface area contributed by atoms with Crippen LogP contribution >= 0.6 is 11.3 Å². The average molecular weight is 354 g/mol. The molecule has 0 spiro atoms. The van der Waals surface area contributed by atoms with E-state index in [2.05, 4.69) is 25.2 Å². The van der Waals surface area contributed by atoms with Crippen LogP contribution in [0.3, 0.4) is 0 Å². The van der Waals surface area contributed by atoms with Crippen LogP contribution in [-0.4, -0.2) is 12.5 Å². The smallest absolute Gasteiger partial charge is 0.256 e. The Kier molecular flexibility index (Phi) is 5.40. The first-order valence-corrected chi connectivity index (χ1v) is 9.52. The number of nitriles is 1. The molecule has 1 N–H and O–H groups in total. The zero-order chi connectivity index (χ0) is 17.8. The Morgan fingerprint density at radius 1 is 1.40 bits per heavy atom. The third-order valence-corrected chi connectivity index (χ3v) is 5.64. The van der Waals surface area contributed by atoms with Crippen molar-refractivity contribution >= 4 is 22.2 Å². The van der Waals surface area contributed by atoms with Crippen molar-refractivity contribution in [2.24, 2.45) is 5.92 Å². The topological polar surface area (TPSA) is 62.1 Å². The highest BCUT2D eigenvalue weighted by molar-refractivity contribution is 7.16. The number of aryl methyl sites for hydroxylation is 1. The third kappa shape index (κ3) is 3.85. The van der Waals surface area contributed by atoms with Crippen LogP contribution in [0.15, 0.2) is 24.3 Å². The van der Waals surface area contributed by atoms with Gasteiger partial charge in [-0.1, -0.05) is 13.8 Å². The van der Waals surface area contributed by atoms with Crippen LogP contribution in [0.4, 0.5) is 5.00 Å². The summed E-state index contributed by atoms with van der Waals surface area (Å²) in [4.78, 5) is 13.8. The number of fused-ring (bicyclic) bond motifs is 1. The fraction of sp³-hybridized carbons (Fsp3) is 0.400. The Morgan fingerprint density at radius 2 is 2.16 bits per heavy atom. The van der Waals surface area contributed by atoms with Crippen molar-refractivity contribution < 1.29 is 9.53 Å². The van der Waals surface area contributed by atoms with Gasteiger partial charge in [0, 0.05) is 10.4 Å². The molecule has 0 fully saturated rings. The van der Waals surface area contributed by atoms with Gasteiger partial charge in [-0.3, -0.25) is 4.79 Å². The molecule has 1 aliphatic rings. The molecular formula is C20H22N2O2S. The van der Waals surface area contributed by atoms with Gasteiger partial charge in [-0.05, 0) is 61.4 Å². The minimum Gasteiger partial charge on any atom is -0.494 e. The second-order valence-corrected chi connectivity index (χ2v) is 7.60. The van der Waals surface area contributed by atoms with E-state index < -0.39 is 0 Å². The Morgan fingerprint density at radius 3 is 2.84 bits per heavy atom. The van der Waals surface area contributed by atoms with Crippen LogP contribution in [0.25, 0.3) is 0 Å². The zero-order valence-electron chi connectivity index (χ0n) is 14.6. The minimum atomic E-state index is -0.190. The van der Waals surface area contributed by atoms with Crippen molar-refractivity contribution in [3.8, 4) is 11.8 Å². The van der Waals surface area contributed by atoms with E-state index in [1.54, 1.807) is 35.6 Å². The summed E-state index contributed by atoms with van der Waals surface area (Å²) >= 11 is 1.55. The fourth-order valence-corrected chi connectivity index (χ4v) is 4.25. The zero-order valence-corrected chi connectivity index (χ0v) is 15.4. The maximum absolute atomic E-state index is 12.5. The van der Waals surface area contributed by atoms with Crippen LogP contribution in [0, 0.1) is 17.2 Å². The van der Waals surface area contributed by atoms with Crippen LogP contribution < -0.4 is 10.1 Å². The van der Waals surface area contributed by atoms with Crippen molar-refractivity contribution in [1.82, 2.24) is 0 Å². The molecular weight excluding hydrogens is 332 g/mol. The lowest BCUT2D eigenvalue weighted by atomic mass is 9.88. The van der Waals surface area contributed by atoms with E-state index in [1.807, 2.05) is 0 Å². The molecule has 3 rings (SSSR count). The quantitative estimate of drug-likeness (QED) is 0.840. The van der Waals surface area contributed by atoms with Crippen molar-refractivity contribution in [3.63, 3.8) is 0 Å². The molecule has 0 saturated carbocycles. The predicted molar refractivity (Wildman–Crippen MR) is 100 cm³/mol. The van der Waals surface area contributed by atoms with E-state index in [1.165, 1.54) is 4.88 Å². The molecule has 25 heavy (non-hydrogen) atoms. The average Bonchev–Trinajstić information content (AvgIpc) is 2.96. The predicted octanol–water partition coefficient (Wildman–Crippen LogP) is 4.79. The summed E-state index contributed by atoms with van der Waals surface area (Å²) in [5.74, 6) is 1.16. The van der Waals surface area contributed by atoms with E-state index >= 15 is 0 Å². The van der Waals surface area contributed by atoms with E-state index in [9.17, 15) is 10.1 Å². The number of benzene rings is 1. The number of hydrogen-bond donors (Lipinski definition) is 1. The van der Waals surface area contributed by atoms with Gasteiger partial charge in [0.2, 0.25) is 0 Å². The summed E-state index contributed by atoms with van der Waals surface area (Å²) in [5, 5.41) is 13.1. The molecule has 0 unspecified atom stereocenters. The highest BCUT2D eigenvalue weighted by atomic mass is 32.1. The van der Waals surface area contributed by atoms with Crippen LogP contribution in [0.1, 0.15) is 53.1 Å². The first-order chi connectivity index (χ1) is 12.1. The van der Waals surface area contributed by atoms with Crippen molar-refractivity contribution in [1.29, 1.82) is 5.26 Å². The van der Waals surface area contributed by atoms with E-state index in [0.717, 1.165) is 37.0 Å². The Balaban J connectivity index is 1.76. The highest BCUT2D eigenvalue weighted by Crippen LogP contribution is 2.39. The molecule has 1 atom stereocenters. The first kappa shape index (κ1) is 17.5. The first-order valence-electron chi connectivity index (χ1n) is 8.71. The summed E-state index contributed by atoms with van der Waals surface area (Å²) in [6.07, 6.45) is 4.01. The Hall–Kier alpha value is -2.32. The summed E-state index contributed by atoms with van der Waals surface area (Å²) < 4.78 is 5.54. The standard InChI is InChI=1S/C20H22N2O2S/c1-3-10-24-15-7-5-14(6-8-15)19(23)22-20-17(12-21)16-11-13(2)4-9-18(16)25-20/h5-8,13H,3-4,9-11H2,1-2H3,(H,22,23)/t13-/m0/s1. The van der Waals surface area contributed by atoms with Crippen molar-refractivity contribution in [3.05, 3.63) is 45.8 Å². The molecule has 1 aromatic carbocycles. The minimum absolute atomic E-state index is 0.190. The number of ether oxygens (including phenoxy) is 1. The number of hydrogen-bond acceptors (Lipinski definition) is 4. The van der Waals surface area contributed by atoms with Gasteiger partial charge in [0.05, 0.1) is 12.2 Å². The van der Waals surface area contributed by atoms with Crippen LogP contribution in [0.2, 0.25) is 0 Å². The third-order valence-electron chi connectivity index (χ3n) is 4.44. The maximum atomic E-state index is 12.5. The van der Waals surface area contributed by atoms with E-state index in [4.69, 9.17) is 4.74 Å². The van der Waals surface area contributed by atoms with Crippen LogP contribution in [-0.2, 0) is 12.8 Å². The molecule has 1 aromatic heterocycles. The number of nitrogens with one attached hydrogen (secondary N) is 1. The molecule has 1 amide bonds. The molecule has 0 bridgehead atoms. The van der Waals surface area contributed by atoms with Gasteiger partial charge in [0.25, 0.3) is 5.91 Å². The fourth-order valence-electron chi connectivity index (χ4n) is 3.06. The molecule has 1 heterocycles. The molecule has 2 aromatic rings. The monoisotopic (exact) mass is 354 g/mol. The molecule has 5 heteroatoms. The lowest BCUT2D eigenvalue weighted by Crippen LogP contribution is -2.12. The molecule has 130 valence electrons. The van der Waals surface area contributed by atoms with Gasteiger partial charge < -0.3 is 10.1 Å². The molecule has 0 aliphatic heterocycles. The number of carbonyl (C=O) groups is 1. The maximum Gasteiger partial charge on any atom is 0.256 e. The van der Waals surface area contributed by atoms with Crippen LogP contribution in [0.5, 0.6) is 5.75 Å². The summed E-state index contributed by atoms with van der Waals surface area (Å²) in [6, 6.07) is 9.40. The lowest BCUT2D eigenvalue weighted by Gasteiger charge is -2.17. The number of nitrogens with zero attached hydrogens (tertiary/aromatic N) is 1. The van der Waals surface area contributed by atoms with Crippen molar-refractivity contribution in [2.75, 3.05) is 11.9 Å². The summed E-state index contributed by atoms with van der Waals surface area (Å²) in [7, 11) is 0. The molecule has 1 aliphatic carbocycles. The SMILES string of the molecule is CCCOc1ccc(C(=O)Nc2sc3c(c2C#N)C[C@@H](C)CC3)cc1. The molecule has 0 radical (unpaired) electrons. The normalized spacial score (nSPS) is 16.0. The van der Waals surface area contributed by atoms with Gasteiger partial charge in [-0.25, -0.2) is 0 Å². The van der Waals surface area contributed by atoms with Gasteiger partial charge in [0.15, 0.2) is 0 Å². The lowest BCUT2D eigenvalue weighted by molar-refractivity contribution is 0.102. The Labute approximate surface area is 152 Å². The molecule has 0 saturated heterocycles. The number of carbonyl (C=O) groups excluding carboxylic acids is 1. The number of anilines is 1. The highest BCUT2D eigenvalue weighted by Gasteiger charge is 2.24. The number of amides is 1. The van der Waals surface area contributed by atoms with Crippen molar-refractivity contribution in [2.45, 2.75) is 39.5 Å². The number of thiophene rings is 1. The second kappa shape index (κ2) is 7.71. The van der Waals surface area contributed by atoms with Gasteiger partial charge in [-0.2, -0.15) is 5.26 Å². The van der Waals surface area contributed by atoms with E-state index in [0.29, 0.717) is 28.7 Å². The Bertz CT molecular complexity index is 802. The van der Waals surface area contributed by atoms with Gasteiger partial charge in [0.1, 0.15) is 16.8 Å². The summed E-state index contributed by atoms with van der Waals surface area (Å²) in [6.45, 7) is 4.92. The second-order valence-electron chi connectivity index (χ2n) is 6.49. The summed E-state index contributed by atoms with van der Waals surface area (Å²) in [5.41, 5.74) is 2.33. The molecule has 4 nitrogen and oxygen atoms in total. The van der Waals surface area contributed by atoms with Gasteiger partial charge >= 0.3 is 0 Å².